The van der Waals surface area contributed by atoms with Crippen LogP contribution in [0.15, 0.2) is 0 Å². The van der Waals surface area contributed by atoms with E-state index in [4.69, 9.17) is 0 Å². The van der Waals surface area contributed by atoms with Crippen LogP contribution in [0.5, 0.6) is 0 Å². The molecule has 0 amide bonds. The van der Waals surface area contributed by atoms with Crippen LogP contribution in [0.1, 0.15) is 52.9 Å². The standard InChI is InChI=1S/C16H32N2/c1-16(2,3)15(17-4)9-10-18(11-13-5-6-13)12-14-7-8-14/h13-15,17H,5-12H2,1-4H3. The molecule has 1 unspecified atom stereocenters. The topological polar surface area (TPSA) is 15.3 Å². The highest BCUT2D eigenvalue weighted by Crippen LogP contribution is 2.34. The van der Waals surface area contributed by atoms with E-state index in [1.165, 1.54) is 51.7 Å². The minimum atomic E-state index is 0.375. The first kappa shape index (κ1) is 14.3. The third-order valence-electron chi connectivity index (χ3n) is 4.55. The molecule has 2 aliphatic carbocycles. The van der Waals surface area contributed by atoms with Gasteiger partial charge in [0.1, 0.15) is 0 Å². The minimum absolute atomic E-state index is 0.375. The zero-order valence-electron chi connectivity index (χ0n) is 12.8. The summed E-state index contributed by atoms with van der Waals surface area (Å²) in [5.41, 5.74) is 0.375. The maximum absolute atomic E-state index is 3.51. The highest BCUT2D eigenvalue weighted by atomic mass is 15.1. The van der Waals surface area contributed by atoms with E-state index in [1.807, 2.05) is 0 Å². The Kier molecular flexibility index (Phi) is 4.71. The van der Waals surface area contributed by atoms with E-state index in [2.05, 4.69) is 38.0 Å². The number of nitrogens with one attached hydrogen (secondary N) is 1. The molecule has 0 aromatic heterocycles. The average Bonchev–Trinajstić information content (AvgIpc) is 3.11. The second kappa shape index (κ2) is 5.92. The lowest BCUT2D eigenvalue weighted by molar-refractivity contribution is 0.200. The van der Waals surface area contributed by atoms with Gasteiger partial charge in [-0.25, -0.2) is 0 Å². The van der Waals surface area contributed by atoms with Crippen LogP contribution in [0.4, 0.5) is 0 Å². The lowest BCUT2D eigenvalue weighted by Crippen LogP contribution is -2.41. The van der Waals surface area contributed by atoms with Crippen LogP contribution in [0.2, 0.25) is 0 Å². The Hall–Kier alpha value is -0.0800. The molecule has 2 saturated carbocycles. The normalized spacial score (nSPS) is 22.5. The number of hydrogen-bond donors (Lipinski definition) is 1. The van der Waals surface area contributed by atoms with E-state index in [0.717, 1.165) is 11.8 Å². The third kappa shape index (κ3) is 4.89. The summed E-state index contributed by atoms with van der Waals surface area (Å²) in [6.07, 6.45) is 7.22. The zero-order valence-corrected chi connectivity index (χ0v) is 12.8. The Bertz CT molecular complexity index is 234. The van der Waals surface area contributed by atoms with Gasteiger partial charge in [-0.05, 0) is 62.9 Å². The molecule has 0 radical (unpaired) electrons. The molecule has 0 saturated heterocycles. The maximum atomic E-state index is 3.51. The minimum Gasteiger partial charge on any atom is -0.316 e. The summed E-state index contributed by atoms with van der Waals surface area (Å²) in [4.78, 5) is 2.76. The van der Waals surface area contributed by atoms with Gasteiger partial charge in [0.2, 0.25) is 0 Å². The Morgan fingerprint density at radius 1 is 1.06 bits per heavy atom. The molecule has 2 heteroatoms. The van der Waals surface area contributed by atoms with Crippen molar-refractivity contribution in [3.63, 3.8) is 0 Å². The van der Waals surface area contributed by atoms with Crippen molar-refractivity contribution < 1.29 is 0 Å². The SMILES string of the molecule is CNC(CCN(CC1CC1)CC1CC1)C(C)(C)C. The van der Waals surface area contributed by atoms with E-state index in [0.29, 0.717) is 11.5 Å². The lowest BCUT2D eigenvalue weighted by atomic mass is 9.85. The molecular formula is C16H32N2. The highest BCUT2D eigenvalue weighted by molar-refractivity contribution is 4.85. The van der Waals surface area contributed by atoms with E-state index in [-0.39, 0.29) is 0 Å². The molecule has 0 bridgehead atoms. The fourth-order valence-electron chi connectivity index (χ4n) is 2.91. The van der Waals surface area contributed by atoms with Crippen molar-refractivity contribution in [3.8, 4) is 0 Å². The molecule has 2 aliphatic rings. The number of nitrogens with zero attached hydrogens (tertiary/aromatic N) is 1. The molecule has 1 N–H and O–H groups in total. The van der Waals surface area contributed by atoms with Crippen LogP contribution in [-0.4, -0.2) is 37.6 Å². The predicted molar refractivity (Wildman–Crippen MR) is 78.8 cm³/mol. The number of hydrogen-bond acceptors (Lipinski definition) is 2. The third-order valence-corrected chi connectivity index (χ3v) is 4.55. The molecule has 0 heterocycles. The summed E-state index contributed by atoms with van der Waals surface area (Å²) in [6.45, 7) is 11.1. The quantitative estimate of drug-likeness (QED) is 0.714. The Morgan fingerprint density at radius 3 is 1.89 bits per heavy atom. The van der Waals surface area contributed by atoms with Crippen molar-refractivity contribution in [2.75, 3.05) is 26.7 Å². The van der Waals surface area contributed by atoms with Crippen LogP contribution in [0.25, 0.3) is 0 Å². The first-order valence-corrected chi connectivity index (χ1v) is 7.88. The first-order chi connectivity index (χ1) is 8.49. The van der Waals surface area contributed by atoms with Gasteiger partial charge in [0, 0.05) is 19.1 Å². The summed E-state index contributed by atoms with van der Waals surface area (Å²) in [6, 6.07) is 0.637. The molecule has 0 spiro atoms. The monoisotopic (exact) mass is 252 g/mol. The van der Waals surface area contributed by atoms with E-state index < -0.39 is 0 Å². The molecule has 106 valence electrons. The fourth-order valence-corrected chi connectivity index (χ4v) is 2.91. The van der Waals surface area contributed by atoms with Gasteiger partial charge in [-0.3, -0.25) is 0 Å². The Morgan fingerprint density at radius 2 is 1.56 bits per heavy atom. The summed E-state index contributed by atoms with van der Waals surface area (Å²) in [7, 11) is 2.11. The zero-order chi connectivity index (χ0) is 13.2. The van der Waals surface area contributed by atoms with Crippen LogP contribution < -0.4 is 5.32 Å². The molecule has 2 fully saturated rings. The van der Waals surface area contributed by atoms with Crippen molar-refractivity contribution in [3.05, 3.63) is 0 Å². The summed E-state index contributed by atoms with van der Waals surface area (Å²) >= 11 is 0. The van der Waals surface area contributed by atoms with Crippen molar-refractivity contribution in [1.29, 1.82) is 0 Å². The molecule has 0 aliphatic heterocycles. The van der Waals surface area contributed by atoms with Gasteiger partial charge in [-0.15, -0.1) is 0 Å². The summed E-state index contributed by atoms with van der Waals surface area (Å²) in [5, 5.41) is 3.51. The maximum Gasteiger partial charge on any atom is 0.0125 e. The van der Waals surface area contributed by atoms with Gasteiger partial charge >= 0.3 is 0 Å². The van der Waals surface area contributed by atoms with Gasteiger partial charge in [0.05, 0.1) is 0 Å². The van der Waals surface area contributed by atoms with Crippen molar-refractivity contribution in [2.45, 2.75) is 58.9 Å². The predicted octanol–water partition coefficient (Wildman–Crippen LogP) is 3.13. The molecule has 1 atom stereocenters. The van der Waals surface area contributed by atoms with Gasteiger partial charge in [-0.2, -0.15) is 0 Å². The first-order valence-electron chi connectivity index (χ1n) is 7.88. The Labute approximate surface area is 114 Å². The fraction of sp³-hybridized carbons (Fsp3) is 1.00. The molecular weight excluding hydrogens is 220 g/mol. The summed E-state index contributed by atoms with van der Waals surface area (Å²) < 4.78 is 0. The molecule has 2 nitrogen and oxygen atoms in total. The van der Waals surface area contributed by atoms with Crippen molar-refractivity contribution in [1.82, 2.24) is 10.2 Å². The second-order valence-corrected chi connectivity index (χ2v) is 7.64. The largest absolute Gasteiger partial charge is 0.316 e. The van der Waals surface area contributed by atoms with Crippen LogP contribution in [0.3, 0.4) is 0 Å². The van der Waals surface area contributed by atoms with E-state index in [9.17, 15) is 0 Å². The van der Waals surface area contributed by atoms with E-state index in [1.54, 1.807) is 0 Å². The lowest BCUT2D eigenvalue weighted by Gasteiger charge is -2.33. The number of rotatable bonds is 8. The van der Waals surface area contributed by atoms with Crippen LogP contribution >= 0.6 is 0 Å². The smallest absolute Gasteiger partial charge is 0.0125 e. The highest BCUT2D eigenvalue weighted by Gasteiger charge is 2.30. The molecule has 0 aromatic rings. The van der Waals surface area contributed by atoms with Gasteiger partial charge < -0.3 is 10.2 Å². The summed E-state index contributed by atoms with van der Waals surface area (Å²) in [5.74, 6) is 2.07. The van der Waals surface area contributed by atoms with Crippen LogP contribution in [0, 0.1) is 17.3 Å². The Balaban J connectivity index is 1.75. The second-order valence-electron chi connectivity index (χ2n) is 7.64. The van der Waals surface area contributed by atoms with Crippen molar-refractivity contribution >= 4 is 0 Å². The van der Waals surface area contributed by atoms with Crippen molar-refractivity contribution in [2.24, 2.45) is 17.3 Å². The molecule has 2 rings (SSSR count). The molecule has 0 aromatic carbocycles. The van der Waals surface area contributed by atoms with E-state index >= 15 is 0 Å². The molecule has 18 heavy (non-hydrogen) atoms. The van der Waals surface area contributed by atoms with Gasteiger partial charge in [-0.1, -0.05) is 20.8 Å². The van der Waals surface area contributed by atoms with Crippen LogP contribution in [-0.2, 0) is 0 Å². The average molecular weight is 252 g/mol. The van der Waals surface area contributed by atoms with Gasteiger partial charge in [0.25, 0.3) is 0 Å². The van der Waals surface area contributed by atoms with Gasteiger partial charge in [0.15, 0.2) is 0 Å².